The van der Waals surface area contributed by atoms with Crippen molar-refractivity contribution >= 4 is 29.9 Å². The zero-order valence-corrected chi connectivity index (χ0v) is 14.8. The van der Waals surface area contributed by atoms with Crippen molar-refractivity contribution in [2.75, 3.05) is 13.1 Å². The molecule has 0 heterocycles. The molecule has 3 N–H and O–H groups in total. The average Bonchev–Trinajstić information content (AvgIpc) is 2.19. The first kappa shape index (κ1) is 17.1. The molecule has 112 valence electrons. The van der Waals surface area contributed by atoms with E-state index < -0.39 is 0 Å². The van der Waals surface area contributed by atoms with Crippen molar-refractivity contribution in [3.8, 4) is 0 Å². The highest BCUT2D eigenvalue weighted by Crippen LogP contribution is 2.46. The van der Waals surface area contributed by atoms with Crippen LogP contribution < -0.4 is 11.1 Å². The standard InChI is InChI=1S/C15H29N3.HI/c1-12(2)9-15(7-4-8-15)11-18-14(16)17-10-13-5-3-6-13;/h12-13H,3-11H2,1-2H3,(H3,16,17,18);1H. The van der Waals surface area contributed by atoms with Gasteiger partial charge in [-0.25, -0.2) is 0 Å². The van der Waals surface area contributed by atoms with Crippen LogP contribution in [0.25, 0.3) is 0 Å². The van der Waals surface area contributed by atoms with Crippen LogP contribution in [0.1, 0.15) is 58.8 Å². The molecule has 0 aliphatic heterocycles. The molecule has 0 aromatic rings. The number of guanidine groups is 1. The van der Waals surface area contributed by atoms with Crippen LogP contribution in [0, 0.1) is 17.3 Å². The third kappa shape index (κ3) is 5.12. The van der Waals surface area contributed by atoms with Gasteiger partial charge in [-0.05, 0) is 49.4 Å². The topological polar surface area (TPSA) is 50.4 Å². The second kappa shape index (κ2) is 7.70. The summed E-state index contributed by atoms with van der Waals surface area (Å²) in [4.78, 5) is 4.59. The van der Waals surface area contributed by atoms with Crippen LogP contribution >= 0.6 is 24.0 Å². The maximum atomic E-state index is 5.96. The number of nitrogens with zero attached hydrogens (tertiary/aromatic N) is 1. The first-order chi connectivity index (χ1) is 8.60. The minimum atomic E-state index is 0. The van der Waals surface area contributed by atoms with E-state index in [1.54, 1.807) is 0 Å². The van der Waals surface area contributed by atoms with Gasteiger partial charge in [-0.1, -0.05) is 26.7 Å². The van der Waals surface area contributed by atoms with E-state index in [4.69, 9.17) is 5.73 Å². The normalized spacial score (nSPS) is 22.4. The van der Waals surface area contributed by atoms with Crippen LogP contribution in [-0.4, -0.2) is 19.0 Å². The van der Waals surface area contributed by atoms with Gasteiger partial charge in [0.25, 0.3) is 0 Å². The molecule has 3 nitrogen and oxygen atoms in total. The number of halogens is 1. The van der Waals surface area contributed by atoms with Crippen molar-refractivity contribution in [1.29, 1.82) is 0 Å². The summed E-state index contributed by atoms with van der Waals surface area (Å²) in [5.74, 6) is 2.27. The lowest BCUT2D eigenvalue weighted by Gasteiger charge is -2.42. The zero-order chi connectivity index (χ0) is 13.0. The fraction of sp³-hybridized carbons (Fsp3) is 0.933. The largest absolute Gasteiger partial charge is 0.370 e. The van der Waals surface area contributed by atoms with Gasteiger partial charge in [0, 0.05) is 13.1 Å². The SMILES string of the molecule is CC(C)CC1(CN=C(N)NCC2CCC2)CCC1.I. The van der Waals surface area contributed by atoms with Crippen molar-refractivity contribution in [3.05, 3.63) is 0 Å². The summed E-state index contributed by atoms with van der Waals surface area (Å²) in [6.45, 7) is 6.56. The van der Waals surface area contributed by atoms with Crippen molar-refractivity contribution in [1.82, 2.24) is 5.32 Å². The Kier molecular flexibility index (Phi) is 6.91. The summed E-state index contributed by atoms with van der Waals surface area (Å²) in [6, 6.07) is 0. The third-order valence-corrected chi connectivity index (χ3v) is 4.64. The van der Waals surface area contributed by atoms with Crippen LogP contribution in [-0.2, 0) is 0 Å². The Morgan fingerprint density at radius 3 is 2.42 bits per heavy atom. The van der Waals surface area contributed by atoms with E-state index in [0.717, 1.165) is 24.9 Å². The Labute approximate surface area is 135 Å². The first-order valence-electron chi connectivity index (χ1n) is 7.63. The Morgan fingerprint density at radius 1 is 1.32 bits per heavy atom. The minimum absolute atomic E-state index is 0. The zero-order valence-electron chi connectivity index (χ0n) is 12.5. The van der Waals surface area contributed by atoms with E-state index in [9.17, 15) is 0 Å². The van der Waals surface area contributed by atoms with Crippen LogP contribution in [0.15, 0.2) is 4.99 Å². The van der Waals surface area contributed by atoms with Crippen LogP contribution in [0.5, 0.6) is 0 Å². The number of hydrogen-bond donors (Lipinski definition) is 2. The number of rotatable bonds is 6. The highest BCUT2D eigenvalue weighted by Gasteiger charge is 2.37. The molecular formula is C15H30IN3. The molecule has 0 spiro atoms. The molecule has 4 heteroatoms. The molecule has 2 aliphatic carbocycles. The van der Waals surface area contributed by atoms with Gasteiger partial charge in [0.1, 0.15) is 0 Å². The van der Waals surface area contributed by atoms with Crippen molar-refractivity contribution in [3.63, 3.8) is 0 Å². The number of nitrogens with one attached hydrogen (secondary N) is 1. The van der Waals surface area contributed by atoms with Gasteiger partial charge < -0.3 is 11.1 Å². The van der Waals surface area contributed by atoms with Gasteiger partial charge >= 0.3 is 0 Å². The maximum Gasteiger partial charge on any atom is 0.188 e. The molecule has 0 atom stereocenters. The summed E-state index contributed by atoms with van der Waals surface area (Å²) in [7, 11) is 0. The molecule has 0 amide bonds. The molecule has 2 aliphatic rings. The first-order valence-corrected chi connectivity index (χ1v) is 7.63. The average molecular weight is 379 g/mol. The maximum absolute atomic E-state index is 5.96. The van der Waals surface area contributed by atoms with Crippen LogP contribution in [0.2, 0.25) is 0 Å². The minimum Gasteiger partial charge on any atom is -0.370 e. The van der Waals surface area contributed by atoms with E-state index in [1.807, 2.05) is 0 Å². The van der Waals surface area contributed by atoms with Gasteiger partial charge in [-0.3, -0.25) is 4.99 Å². The monoisotopic (exact) mass is 379 g/mol. The molecule has 0 unspecified atom stereocenters. The summed E-state index contributed by atoms with van der Waals surface area (Å²) in [5.41, 5.74) is 6.43. The van der Waals surface area contributed by atoms with Gasteiger partial charge in [-0.15, -0.1) is 24.0 Å². The highest BCUT2D eigenvalue weighted by atomic mass is 127. The molecule has 0 radical (unpaired) electrons. The third-order valence-electron chi connectivity index (χ3n) is 4.64. The smallest absolute Gasteiger partial charge is 0.188 e. The molecule has 0 aromatic carbocycles. The Bertz CT molecular complexity index is 294. The van der Waals surface area contributed by atoms with Crippen molar-refractivity contribution in [2.45, 2.75) is 58.8 Å². The number of hydrogen-bond acceptors (Lipinski definition) is 1. The van der Waals surface area contributed by atoms with Gasteiger partial charge in [-0.2, -0.15) is 0 Å². The van der Waals surface area contributed by atoms with E-state index in [2.05, 4.69) is 24.2 Å². The summed E-state index contributed by atoms with van der Waals surface area (Å²) >= 11 is 0. The van der Waals surface area contributed by atoms with E-state index in [1.165, 1.54) is 44.9 Å². The molecule has 2 fully saturated rings. The Balaban J connectivity index is 0.00000180. The second-order valence-corrected chi connectivity index (χ2v) is 6.83. The Morgan fingerprint density at radius 2 is 2.00 bits per heavy atom. The number of aliphatic imine (C=N–C) groups is 1. The molecule has 2 rings (SSSR count). The Hall–Kier alpha value is 0. The van der Waals surface area contributed by atoms with Gasteiger partial charge in [0.15, 0.2) is 5.96 Å². The summed E-state index contributed by atoms with van der Waals surface area (Å²) < 4.78 is 0. The summed E-state index contributed by atoms with van der Waals surface area (Å²) in [6.07, 6.45) is 9.45. The lowest BCUT2D eigenvalue weighted by Crippen LogP contribution is -2.40. The van der Waals surface area contributed by atoms with Gasteiger partial charge in [0.05, 0.1) is 0 Å². The molecule has 0 bridgehead atoms. The van der Waals surface area contributed by atoms with Crippen LogP contribution in [0.3, 0.4) is 0 Å². The fourth-order valence-electron chi connectivity index (χ4n) is 3.22. The molecule has 0 saturated heterocycles. The van der Waals surface area contributed by atoms with Crippen LogP contribution in [0.4, 0.5) is 0 Å². The van der Waals surface area contributed by atoms with Crippen molar-refractivity contribution in [2.24, 2.45) is 28.0 Å². The van der Waals surface area contributed by atoms with E-state index in [-0.39, 0.29) is 24.0 Å². The lowest BCUT2D eigenvalue weighted by molar-refractivity contribution is 0.111. The van der Waals surface area contributed by atoms with E-state index in [0.29, 0.717) is 11.4 Å². The summed E-state index contributed by atoms with van der Waals surface area (Å²) in [5, 5.41) is 3.29. The lowest BCUT2D eigenvalue weighted by atomic mass is 9.64. The molecule has 19 heavy (non-hydrogen) atoms. The number of nitrogens with two attached hydrogens (primary N) is 1. The molecule has 2 saturated carbocycles. The quantitative estimate of drug-likeness (QED) is 0.422. The molecule has 0 aromatic heterocycles. The predicted molar refractivity (Wildman–Crippen MR) is 93.0 cm³/mol. The highest BCUT2D eigenvalue weighted by molar-refractivity contribution is 14.0. The second-order valence-electron chi connectivity index (χ2n) is 6.83. The molecular weight excluding hydrogens is 349 g/mol. The predicted octanol–water partition coefficient (Wildman–Crippen LogP) is 3.53. The van der Waals surface area contributed by atoms with Crippen molar-refractivity contribution < 1.29 is 0 Å². The van der Waals surface area contributed by atoms with Gasteiger partial charge in [0.2, 0.25) is 0 Å². The fourth-order valence-corrected chi connectivity index (χ4v) is 3.22. The van der Waals surface area contributed by atoms with E-state index >= 15 is 0 Å².